The molecule has 0 spiro atoms. The molecule has 132 valence electrons. The molecule has 2 rings (SSSR count). The number of rotatable bonds is 7. The number of hydrogen-bond donors (Lipinski definition) is 2. The Hall–Kier alpha value is -2.51. The molecule has 0 saturated carbocycles. The molecule has 0 heterocycles. The molecule has 0 aliphatic heterocycles. The van der Waals surface area contributed by atoms with Gasteiger partial charge in [0.15, 0.2) is 0 Å². The van der Waals surface area contributed by atoms with Gasteiger partial charge in [0.05, 0.1) is 11.1 Å². The number of carbonyl (C=O) groups excluding carboxylic acids is 1. The average Bonchev–Trinajstić information content (AvgIpc) is 2.64. The predicted molar refractivity (Wildman–Crippen MR) is 102 cm³/mol. The second-order valence-corrected chi connectivity index (χ2v) is 6.35. The zero-order valence-electron chi connectivity index (χ0n) is 14.3. The Balaban J connectivity index is 1.95. The first-order valence-corrected chi connectivity index (χ1v) is 9.21. The lowest BCUT2D eigenvalue weighted by atomic mass is 10.2. The van der Waals surface area contributed by atoms with E-state index in [0.29, 0.717) is 10.5 Å². The molecular weight excluding hydrogens is 336 g/mol. The minimum absolute atomic E-state index is 0.342. The van der Waals surface area contributed by atoms with E-state index in [1.54, 1.807) is 30.5 Å². The van der Waals surface area contributed by atoms with Crippen LogP contribution in [0.25, 0.3) is 0 Å². The van der Waals surface area contributed by atoms with Gasteiger partial charge in [-0.2, -0.15) is 5.10 Å². The number of nitrogens with one attached hydrogen (secondary N) is 1. The summed E-state index contributed by atoms with van der Waals surface area (Å²) in [5.41, 5.74) is 4.94. The van der Waals surface area contributed by atoms with Gasteiger partial charge in [-0.15, -0.1) is 0 Å². The van der Waals surface area contributed by atoms with E-state index in [4.69, 9.17) is 5.14 Å². The topological polar surface area (TPSA) is 87.8 Å². The van der Waals surface area contributed by atoms with Crippen molar-refractivity contribution >= 4 is 28.8 Å². The summed E-state index contributed by atoms with van der Waals surface area (Å²) < 4.78 is 11.1. The van der Waals surface area contributed by atoms with E-state index in [0.717, 1.165) is 24.3 Å². The molecule has 0 aliphatic rings. The number of amides is 1. The summed E-state index contributed by atoms with van der Waals surface area (Å²) in [5, 5.41) is 9.24. The molecule has 6 nitrogen and oxygen atoms in total. The van der Waals surface area contributed by atoms with Gasteiger partial charge in [-0.25, -0.2) is 14.8 Å². The van der Waals surface area contributed by atoms with Crippen LogP contribution in [0.3, 0.4) is 0 Å². The van der Waals surface area contributed by atoms with Gasteiger partial charge in [-0.05, 0) is 55.8 Å². The predicted octanol–water partition coefficient (Wildman–Crippen LogP) is 2.28. The number of benzene rings is 2. The van der Waals surface area contributed by atoms with Gasteiger partial charge < -0.3 is 4.90 Å². The van der Waals surface area contributed by atoms with E-state index in [9.17, 15) is 9.00 Å². The lowest BCUT2D eigenvalue weighted by Gasteiger charge is -2.20. The minimum atomic E-state index is -1.55. The second-order valence-electron chi connectivity index (χ2n) is 5.28. The maximum Gasteiger partial charge on any atom is 0.271 e. The lowest BCUT2D eigenvalue weighted by Crippen LogP contribution is -2.21. The van der Waals surface area contributed by atoms with Crippen molar-refractivity contribution in [1.29, 1.82) is 0 Å². The first kappa shape index (κ1) is 18.8. The van der Waals surface area contributed by atoms with Crippen molar-refractivity contribution in [3.63, 3.8) is 0 Å². The molecule has 2 aromatic carbocycles. The number of hydrogen-bond acceptors (Lipinski definition) is 4. The zero-order chi connectivity index (χ0) is 18.2. The Labute approximate surface area is 150 Å². The molecule has 0 bridgehead atoms. The smallest absolute Gasteiger partial charge is 0.271 e. The van der Waals surface area contributed by atoms with Crippen LogP contribution in [0.1, 0.15) is 29.8 Å². The van der Waals surface area contributed by atoms with Gasteiger partial charge in [-0.1, -0.05) is 12.1 Å². The molecule has 25 heavy (non-hydrogen) atoms. The van der Waals surface area contributed by atoms with E-state index >= 15 is 0 Å². The second kappa shape index (κ2) is 9.10. The molecule has 0 saturated heterocycles. The maximum atomic E-state index is 12.0. The molecule has 1 amide bonds. The Kier molecular flexibility index (Phi) is 6.85. The third-order valence-electron chi connectivity index (χ3n) is 3.75. The summed E-state index contributed by atoms with van der Waals surface area (Å²) in [6, 6.07) is 14.2. The Bertz CT molecular complexity index is 754. The van der Waals surface area contributed by atoms with Crippen molar-refractivity contribution in [3.8, 4) is 0 Å². The largest absolute Gasteiger partial charge is 0.372 e. The Morgan fingerprint density at radius 3 is 2.24 bits per heavy atom. The molecule has 0 aliphatic carbocycles. The number of anilines is 1. The highest BCUT2D eigenvalue weighted by atomic mass is 32.2. The first-order valence-electron chi connectivity index (χ1n) is 7.99. The highest BCUT2D eigenvalue weighted by molar-refractivity contribution is 7.82. The van der Waals surface area contributed by atoms with Crippen molar-refractivity contribution in [3.05, 3.63) is 59.7 Å². The molecule has 7 heteroatoms. The van der Waals surface area contributed by atoms with Gasteiger partial charge in [0.25, 0.3) is 5.91 Å². The fourth-order valence-electron chi connectivity index (χ4n) is 2.33. The van der Waals surface area contributed by atoms with Gasteiger partial charge >= 0.3 is 0 Å². The van der Waals surface area contributed by atoms with Gasteiger partial charge in [-0.3, -0.25) is 4.79 Å². The average molecular weight is 358 g/mol. The van der Waals surface area contributed by atoms with Crippen LogP contribution < -0.4 is 15.5 Å². The van der Waals surface area contributed by atoms with Crippen LogP contribution in [0.15, 0.2) is 58.5 Å². The molecule has 1 unspecified atom stereocenters. The first-order chi connectivity index (χ1) is 12.0. The SMILES string of the molecule is CCN(CC)c1ccc(/C=N/NC(=O)c2ccc(S(N)=O)cc2)cc1. The Morgan fingerprint density at radius 1 is 1.12 bits per heavy atom. The molecule has 0 radical (unpaired) electrons. The van der Waals surface area contributed by atoms with Crippen LogP contribution in [-0.4, -0.2) is 29.4 Å². The zero-order valence-corrected chi connectivity index (χ0v) is 15.1. The highest BCUT2D eigenvalue weighted by Crippen LogP contribution is 2.14. The molecular formula is C18H22N4O2S. The van der Waals surface area contributed by atoms with Gasteiger partial charge in [0.1, 0.15) is 11.0 Å². The summed E-state index contributed by atoms with van der Waals surface area (Å²) in [5.74, 6) is -0.342. The van der Waals surface area contributed by atoms with Crippen LogP contribution in [0.4, 0.5) is 5.69 Å². The third kappa shape index (κ3) is 5.23. The highest BCUT2D eigenvalue weighted by Gasteiger charge is 2.05. The lowest BCUT2D eigenvalue weighted by molar-refractivity contribution is 0.0955. The van der Waals surface area contributed by atoms with Crippen LogP contribution in [-0.2, 0) is 11.0 Å². The van der Waals surface area contributed by atoms with Crippen molar-refractivity contribution in [1.82, 2.24) is 5.43 Å². The van der Waals surface area contributed by atoms with Crippen LogP contribution in [0, 0.1) is 0 Å². The van der Waals surface area contributed by atoms with E-state index in [1.807, 2.05) is 24.3 Å². The van der Waals surface area contributed by atoms with E-state index in [1.165, 1.54) is 0 Å². The van der Waals surface area contributed by atoms with Gasteiger partial charge in [0, 0.05) is 24.3 Å². The summed E-state index contributed by atoms with van der Waals surface area (Å²) in [4.78, 5) is 14.7. The third-order valence-corrected chi connectivity index (χ3v) is 4.49. The minimum Gasteiger partial charge on any atom is -0.372 e. The number of nitrogens with two attached hydrogens (primary N) is 1. The van der Waals surface area contributed by atoms with Gasteiger partial charge in [0.2, 0.25) is 0 Å². The molecule has 0 aromatic heterocycles. The van der Waals surface area contributed by atoms with Crippen molar-refractivity contribution < 1.29 is 9.00 Å². The van der Waals surface area contributed by atoms with Crippen LogP contribution in [0.2, 0.25) is 0 Å². The number of hydrazone groups is 1. The fourth-order valence-corrected chi connectivity index (χ4v) is 2.73. The number of nitrogens with zero attached hydrogens (tertiary/aromatic N) is 2. The quantitative estimate of drug-likeness (QED) is 0.588. The summed E-state index contributed by atoms with van der Waals surface area (Å²) >= 11 is 0. The van der Waals surface area contributed by atoms with Crippen LogP contribution in [0.5, 0.6) is 0 Å². The molecule has 3 N–H and O–H groups in total. The van der Waals surface area contributed by atoms with E-state index in [2.05, 4.69) is 29.3 Å². The summed E-state index contributed by atoms with van der Waals surface area (Å²) in [6.45, 7) is 6.14. The summed E-state index contributed by atoms with van der Waals surface area (Å²) in [6.07, 6.45) is 1.59. The number of carbonyl (C=O) groups is 1. The van der Waals surface area contributed by atoms with Crippen molar-refractivity contribution in [2.75, 3.05) is 18.0 Å². The molecule has 1 atom stereocenters. The van der Waals surface area contributed by atoms with Crippen molar-refractivity contribution in [2.24, 2.45) is 10.2 Å². The maximum absolute atomic E-state index is 12.0. The van der Waals surface area contributed by atoms with Crippen LogP contribution >= 0.6 is 0 Å². The summed E-state index contributed by atoms with van der Waals surface area (Å²) in [7, 11) is -1.55. The van der Waals surface area contributed by atoms with E-state index < -0.39 is 11.0 Å². The van der Waals surface area contributed by atoms with E-state index in [-0.39, 0.29) is 5.91 Å². The van der Waals surface area contributed by atoms with Crippen molar-refractivity contribution in [2.45, 2.75) is 18.7 Å². The molecule has 0 fully saturated rings. The molecule has 2 aromatic rings. The standard InChI is InChI=1S/C18H22N4O2S/c1-3-22(4-2)16-9-5-14(6-10-16)13-20-21-18(23)15-7-11-17(12-8-15)25(19)24/h5-13H,3-4,19H2,1-2H3,(H,21,23)/b20-13+. The fraction of sp³-hybridized carbons (Fsp3) is 0.222. The normalized spacial score (nSPS) is 12.1. The monoisotopic (exact) mass is 358 g/mol. The Morgan fingerprint density at radius 2 is 1.72 bits per heavy atom.